The van der Waals surface area contributed by atoms with Crippen LogP contribution in [-0.4, -0.2) is 25.7 Å². The van der Waals surface area contributed by atoms with Crippen molar-refractivity contribution in [1.29, 1.82) is 0 Å². The number of hydrogen-bond acceptors (Lipinski definition) is 6. The highest BCUT2D eigenvalue weighted by Gasteiger charge is 2.12. The lowest BCUT2D eigenvalue weighted by Crippen LogP contribution is -2.04. The summed E-state index contributed by atoms with van der Waals surface area (Å²) >= 11 is 15.5. The summed E-state index contributed by atoms with van der Waals surface area (Å²) in [6, 6.07) is 3.68. The van der Waals surface area contributed by atoms with Crippen LogP contribution >= 0.6 is 46.3 Å². The average molecular weight is 400 g/mol. The second kappa shape index (κ2) is 7.52. The Labute approximate surface area is 156 Å². The van der Waals surface area contributed by atoms with Crippen LogP contribution in [0.2, 0.25) is 10.0 Å². The number of benzene rings is 1. The fourth-order valence-corrected chi connectivity index (χ4v) is 4.51. The number of imidazole rings is 1. The van der Waals surface area contributed by atoms with E-state index in [0.29, 0.717) is 20.9 Å². The van der Waals surface area contributed by atoms with Crippen molar-refractivity contribution in [3.8, 4) is 5.69 Å². The Balaban J connectivity index is 1.73. The van der Waals surface area contributed by atoms with Crippen molar-refractivity contribution in [2.75, 3.05) is 5.32 Å². The van der Waals surface area contributed by atoms with Crippen molar-refractivity contribution in [2.24, 2.45) is 0 Å². The van der Waals surface area contributed by atoms with Crippen LogP contribution in [0.25, 0.3) is 5.69 Å². The van der Waals surface area contributed by atoms with Gasteiger partial charge in [0.15, 0.2) is 4.34 Å². The number of hydrogen-bond donors (Lipinski definition) is 1. The van der Waals surface area contributed by atoms with Crippen LogP contribution in [0.15, 0.2) is 35.2 Å². The van der Waals surface area contributed by atoms with Crippen LogP contribution in [0, 0.1) is 0 Å². The summed E-state index contributed by atoms with van der Waals surface area (Å²) in [4.78, 5) is 15.0. The molecule has 0 fully saturated rings. The van der Waals surface area contributed by atoms with E-state index in [-0.39, 0.29) is 5.91 Å². The molecule has 10 heteroatoms. The zero-order valence-electron chi connectivity index (χ0n) is 12.4. The van der Waals surface area contributed by atoms with Crippen LogP contribution in [-0.2, 0) is 10.5 Å². The number of nitrogens with zero attached hydrogens (tertiary/aromatic N) is 4. The maximum Gasteiger partial charge on any atom is 0.223 e. The van der Waals surface area contributed by atoms with Crippen molar-refractivity contribution >= 4 is 57.3 Å². The van der Waals surface area contributed by atoms with Gasteiger partial charge >= 0.3 is 0 Å². The third kappa shape index (κ3) is 4.07. The van der Waals surface area contributed by atoms with Gasteiger partial charge in [-0.25, -0.2) is 4.98 Å². The molecule has 0 radical (unpaired) electrons. The number of anilines is 1. The summed E-state index contributed by atoms with van der Waals surface area (Å²) in [7, 11) is 0. The third-order valence-electron chi connectivity index (χ3n) is 2.96. The van der Waals surface area contributed by atoms with Gasteiger partial charge in [-0.1, -0.05) is 46.3 Å². The Bertz CT molecular complexity index is 843. The predicted octanol–water partition coefficient (Wildman–Crippen LogP) is 4.28. The molecule has 0 saturated carbocycles. The first-order chi connectivity index (χ1) is 11.5. The molecule has 0 aliphatic heterocycles. The van der Waals surface area contributed by atoms with Crippen molar-refractivity contribution < 1.29 is 4.79 Å². The van der Waals surface area contributed by atoms with Gasteiger partial charge in [-0.15, -0.1) is 10.2 Å². The Kier molecular flexibility index (Phi) is 5.40. The first kappa shape index (κ1) is 17.2. The van der Waals surface area contributed by atoms with Gasteiger partial charge in [0.05, 0.1) is 6.33 Å². The van der Waals surface area contributed by atoms with Crippen molar-refractivity contribution in [3.63, 3.8) is 0 Å². The summed E-state index contributed by atoms with van der Waals surface area (Å²) in [5.41, 5.74) is 1.67. The molecule has 0 atom stereocenters. The lowest BCUT2D eigenvalue weighted by Gasteiger charge is -2.09. The number of carbonyl (C=O) groups is 1. The molecule has 0 unspecified atom stereocenters. The molecule has 3 aromatic rings. The minimum atomic E-state index is -0.177. The van der Waals surface area contributed by atoms with E-state index in [9.17, 15) is 4.79 Å². The number of thioether (sulfide) groups is 1. The lowest BCUT2D eigenvalue weighted by atomic mass is 10.2. The summed E-state index contributed by atoms with van der Waals surface area (Å²) < 4.78 is 2.56. The standard InChI is InChI=1S/C14H11Cl2N5OS2/c1-8(22)18-13-19-20-14(24-13)23-6-10-11(15)4-9(5-12(10)16)21-3-2-17-7-21/h2-5,7H,6H2,1H3,(H,18,19,22). The number of nitrogens with one attached hydrogen (secondary N) is 1. The molecule has 0 aliphatic rings. The first-order valence-corrected chi connectivity index (χ1v) is 9.29. The topological polar surface area (TPSA) is 72.7 Å². The lowest BCUT2D eigenvalue weighted by molar-refractivity contribution is -0.114. The molecule has 0 spiro atoms. The van der Waals surface area contributed by atoms with Crippen LogP contribution < -0.4 is 5.32 Å². The molecule has 0 saturated heterocycles. The second-order valence-corrected chi connectivity index (χ2v) is 7.72. The van der Waals surface area contributed by atoms with Gasteiger partial charge in [-0.3, -0.25) is 4.79 Å². The maximum atomic E-state index is 11.0. The summed E-state index contributed by atoms with van der Waals surface area (Å²) in [5.74, 6) is 0.375. The van der Waals surface area contributed by atoms with Gasteiger partial charge in [-0.05, 0) is 17.7 Å². The molecule has 3 rings (SSSR count). The molecule has 1 amide bonds. The van der Waals surface area contributed by atoms with Crippen LogP contribution in [0.4, 0.5) is 5.13 Å². The zero-order valence-corrected chi connectivity index (χ0v) is 15.5. The molecular formula is C14H11Cl2N5OS2. The zero-order chi connectivity index (χ0) is 17.1. The van der Waals surface area contributed by atoms with Crippen LogP contribution in [0.5, 0.6) is 0 Å². The molecule has 0 bridgehead atoms. The molecular weight excluding hydrogens is 389 g/mol. The highest BCUT2D eigenvalue weighted by atomic mass is 35.5. The van der Waals surface area contributed by atoms with E-state index in [2.05, 4.69) is 20.5 Å². The van der Waals surface area contributed by atoms with E-state index in [4.69, 9.17) is 23.2 Å². The molecule has 2 aromatic heterocycles. The third-order valence-corrected chi connectivity index (χ3v) is 5.63. The number of amides is 1. The Morgan fingerprint density at radius 1 is 1.33 bits per heavy atom. The molecule has 24 heavy (non-hydrogen) atoms. The van der Waals surface area contributed by atoms with Gasteiger partial charge in [0.2, 0.25) is 11.0 Å². The quantitative estimate of drug-likeness (QED) is 0.511. The maximum absolute atomic E-state index is 11.0. The molecule has 1 N–H and O–H groups in total. The Hall–Kier alpha value is -1.61. The van der Waals surface area contributed by atoms with Crippen LogP contribution in [0.3, 0.4) is 0 Å². The van der Waals surface area contributed by atoms with E-state index in [1.165, 1.54) is 30.0 Å². The van der Waals surface area contributed by atoms with Gasteiger partial charge in [-0.2, -0.15) is 0 Å². The van der Waals surface area contributed by atoms with Crippen LogP contribution in [0.1, 0.15) is 12.5 Å². The average Bonchev–Trinajstić information content (AvgIpc) is 3.17. The number of aromatic nitrogens is 4. The van der Waals surface area contributed by atoms with E-state index < -0.39 is 0 Å². The highest BCUT2D eigenvalue weighted by Crippen LogP contribution is 2.35. The van der Waals surface area contributed by atoms with Gasteiger partial charge in [0.25, 0.3) is 0 Å². The molecule has 1 aromatic carbocycles. The smallest absolute Gasteiger partial charge is 0.223 e. The predicted molar refractivity (Wildman–Crippen MR) is 97.4 cm³/mol. The Morgan fingerprint density at radius 3 is 2.71 bits per heavy atom. The summed E-state index contributed by atoms with van der Waals surface area (Å²) in [5, 5.41) is 12.1. The number of rotatable bonds is 5. The van der Waals surface area contributed by atoms with Gasteiger partial charge in [0, 0.05) is 40.8 Å². The van der Waals surface area contributed by atoms with E-state index in [0.717, 1.165) is 15.6 Å². The fourth-order valence-electron chi connectivity index (χ4n) is 1.89. The normalized spacial score (nSPS) is 10.8. The minimum absolute atomic E-state index is 0.177. The van der Waals surface area contributed by atoms with E-state index in [1.54, 1.807) is 12.5 Å². The van der Waals surface area contributed by atoms with E-state index in [1.807, 2.05) is 22.9 Å². The Morgan fingerprint density at radius 2 is 2.08 bits per heavy atom. The van der Waals surface area contributed by atoms with Crippen molar-refractivity contribution in [3.05, 3.63) is 46.5 Å². The van der Waals surface area contributed by atoms with Gasteiger partial charge < -0.3 is 9.88 Å². The summed E-state index contributed by atoms with van der Waals surface area (Å²) in [6.07, 6.45) is 5.19. The molecule has 124 valence electrons. The van der Waals surface area contributed by atoms with E-state index >= 15 is 0 Å². The first-order valence-electron chi connectivity index (χ1n) is 6.73. The molecule has 2 heterocycles. The number of carbonyl (C=O) groups excluding carboxylic acids is 1. The SMILES string of the molecule is CC(=O)Nc1nnc(SCc2c(Cl)cc(-n3ccnc3)cc2Cl)s1. The minimum Gasteiger partial charge on any atom is -0.306 e. The van der Waals surface area contributed by atoms with Gasteiger partial charge in [0.1, 0.15) is 0 Å². The van der Waals surface area contributed by atoms with Crippen molar-refractivity contribution in [2.45, 2.75) is 17.0 Å². The van der Waals surface area contributed by atoms with Crippen molar-refractivity contribution in [1.82, 2.24) is 19.7 Å². The second-order valence-electron chi connectivity index (χ2n) is 4.70. The molecule has 6 nitrogen and oxygen atoms in total. The molecule has 0 aliphatic carbocycles. The highest BCUT2D eigenvalue weighted by molar-refractivity contribution is 8.00. The fraction of sp³-hybridized carbons (Fsp3) is 0.143. The number of halogens is 2. The summed E-state index contributed by atoms with van der Waals surface area (Å²) in [6.45, 7) is 1.43. The largest absolute Gasteiger partial charge is 0.306 e. The monoisotopic (exact) mass is 399 g/mol.